The van der Waals surface area contributed by atoms with Crippen LogP contribution in [0.25, 0.3) is 0 Å². The van der Waals surface area contributed by atoms with Crippen LogP contribution in [0, 0.1) is 12.7 Å². The fourth-order valence-electron chi connectivity index (χ4n) is 1.66. The van der Waals surface area contributed by atoms with Crippen LogP contribution in [0.5, 0.6) is 0 Å². The summed E-state index contributed by atoms with van der Waals surface area (Å²) < 4.78 is 42.9. The van der Waals surface area contributed by atoms with E-state index in [1.54, 1.807) is 6.92 Å². The highest BCUT2D eigenvalue weighted by atomic mass is 32.2. The molecule has 0 bridgehead atoms. The van der Waals surface area contributed by atoms with Crippen molar-refractivity contribution in [3.63, 3.8) is 0 Å². The Balaban J connectivity index is 2.24. The minimum absolute atomic E-state index is 0.105. The number of anilines is 1. The number of hydrogen-bond donors (Lipinski definition) is 1. The van der Waals surface area contributed by atoms with Gasteiger partial charge < -0.3 is 9.84 Å². The van der Waals surface area contributed by atoms with Crippen LogP contribution in [0.15, 0.2) is 39.8 Å². The minimum atomic E-state index is -4.13. The zero-order valence-corrected chi connectivity index (χ0v) is 12.1. The predicted molar refractivity (Wildman–Crippen MR) is 72.9 cm³/mol. The van der Waals surface area contributed by atoms with Crippen LogP contribution in [-0.4, -0.2) is 24.7 Å². The van der Waals surface area contributed by atoms with Crippen LogP contribution in [0.4, 0.5) is 10.2 Å². The van der Waals surface area contributed by atoms with E-state index < -0.39 is 31.7 Å². The summed E-state index contributed by atoms with van der Waals surface area (Å²) in [6.45, 7) is 2.81. The molecule has 0 radical (unpaired) electrons. The van der Waals surface area contributed by atoms with Gasteiger partial charge >= 0.3 is 0 Å². The van der Waals surface area contributed by atoms with Crippen molar-refractivity contribution >= 4 is 21.6 Å². The molecule has 0 saturated carbocycles. The Hall–Kier alpha value is -2.22. The van der Waals surface area contributed by atoms with E-state index >= 15 is 0 Å². The number of sulfone groups is 1. The summed E-state index contributed by atoms with van der Waals surface area (Å²) in [5, 5.41) is 4.38. The van der Waals surface area contributed by atoms with E-state index in [9.17, 15) is 17.6 Å². The predicted octanol–water partition coefficient (Wildman–Crippen LogP) is 1.92. The molecule has 0 aliphatic carbocycles. The smallest absolute Gasteiger partial charge is 0.244 e. The lowest BCUT2D eigenvalue weighted by atomic mass is 10.3. The molecule has 0 spiro atoms. The summed E-state index contributed by atoms with van der Waals surface area (Å²) >= 11 is 0. The van der Waals surface area contributed by atoms with Crippen molar-refractivity contribution in [2.45, 2.75) is 24.0 Å². The number of amides is 1. The third kappa shape index (κ3) is 3.10. The van der Waals surface area contributed by atoms with Crippen molar-refractivity contribution in [2.75, 3.05) is 5.32 Å². The number of hydrogen-bond acceptors (Lipinski definition) is 5. The molecule has 0 saturated heterocycles. The number of aromatic nitrogens is 1. The molecule has 1 unspecified atom stereocenters. The summed E-state index contributed by atoms with van der Waals surface area (Å²) in [6.07, 6.45) is 0. The Morgan fingerprint density at radius 2 is 2.05 bits per heavy atom. The second kappa shape index (κ2) is 5.65. The van der Waals surface area contributed by atoms with Gasteiger partial charge in [0.1, 0.15) is 21.7 Å². The van der Waals surface area contributed by atoms with Gasteiger partial charge in [-0.05, 0) is 26.0 Å². The van der Waals surface area contributed by atoms with Crippen molar-refractivity contribution in [1.82, 2.24) is 5.16 Å². The Kier molecular flexibility index (Phi) is 4.08. The fourth-order valence-corrected chi connectivity index (χ4v) is 2.99. The zero-order valence-electron chi connectivity index (χ0n) is 11.3. The van der Waals surface area contributed by atoms with E-state index in [4.69, 9.17) is 4.52 Å². The number of halogens is 1. The van der Waals surface area contributed by atoms with Crippen LogP contribution in [0.3, 0.4) is 0 Å². The molecule has 1 amide bonds. The van der Waals surface area contributed by atoms with Gasteiger partial charge in [0.25, 0.3) is 0 Å². The van der Waals surface area contributed by atoms with E-state index in [1.165, 1.54) is 25.1 Å². The molecule has 0 fully saturated rings. The SMILES string of the molecule is Cc1cc(NC(=O)C(C)S(=O)(=O)c2ccccc2F)no1. The summed E-state index contributed by atoms with van der Waals surface area (Å²) in [5.74, 6) is -1.14. The van der Waals surface area contributed by atoms with Crippen LogP contribution < -0.4 is 5.32 Å². The number of nitrogens with zero attached hydrogens (tertiary/aromatic N) is 1. The van der Waals surface area contributed by atoms with Crippen molar-refractivity contribution in [3.8, 4) is 0 Å². The number of carbonyl (C=O) groups excluding carboxylic acids is 1. The third-order valence-corrected chi connectivity index (χ3v) is 4.95. The number of nitrogens with one attached hydrogen (secondary N) is 1. The number of aryl methyl sites for hydroxylation is 1. The van der Waals surface area contributed by atoms with E-state index in [2.05, 4.69) is 10.5 Å². The van der Waals surface area contributed by atoms with Gasteiger partial charge in [0, 0.05) is 6.07 Å². The summed E-state index contributed by atoms with van der Waals surface area (Å²) in [7, 11) is -4.13. The molecule has 2 rings (SSSR count). The molecule has 0 aliphatic heterocycles. The summed E-state index contributed by atoms with van der Waals surface area (Å²) in [4.78, 5) is 11.4. The Bertz CT molecular complexity index is 770. The first-order chi connectivity index (χ1) is 9.82. The van der Waals surface area contributed by atoms with Crippen LogP contribution in [0.1, 0.15) is 12.7 Å². The molecule has 1 atom stereocenters. The first kappa shape index (κ1) is 15.2. The highest BCUT2D eigenvalue weighted by Gasteiger charge is 2.32. The molecule has 1 N–H and O–H groups in total. The van der Waals surface area contributed by atoms with Gasteiger partial charge in [-0.15, -0.1) is 0 Å². The Morgan fingerprint density at radius 3 is 2.62 bits per heavy atom. The summed E-state index contributed by atoms with van der Waals surface area (Å²) in [6, 6.07) is 6.35. The van der Waals surface area contributed by atoms with Gasteiger partial charge in [0.15, 0.2) is 15.7 Å². The van der Waals surface area contributed by atoms with Gasteiger partial charge in [0.2, 0.25) is 5.91 Å². The largest absolute Gasteiger partial charge is 0.360 e. The topological polar surface area (TPSA) is 89.3 Å². The second-order valence-corrected chi connectivity index (χ2v) is 6.67. The van der Waals surface area contributed by atoms with Crippen molar-refractivity contribution in [1.29, 1.82) is 0 Å². The third-order valence-electron chi connectivity index (χ3n) is 2.86. The molecule has 1 heterocycles. The zero-order chi connectivity index (χ0) is 15.6. The van der Waals surface area contributed by atoms with E-state index in [0.29, 0.717) is 5.76 Å². The van der Waals surface area contributed by atoms with E-state index in [0.717, 1.165) is 12.1 Å². The highest BCUT2D eigenvalue weighted by molar-refractivity contribution is 7.92. The van der Waals surface area contributed by atoms with Crippen molar-refractivity contribution < 1.29 is 22.1 Å². The molecule has 1 aromatic carbocycles. The van der Waals surface area contributed by atoms with Crippen LogP contribution >= 0.6 is 0 Å². The lowest BCUT2D eigenvalue weighted by Crippen LogP contribution is -2.33. The molecule has 8 heteroatoms. The molecular weight excluding hydrogens is 299 g/mol. The first-order valence-electron chi connectivity index (χ1n) is 6.05. The number of rotatable bonds is 4. The average molecular weight is 312 g/mol. The maximum atomic E-state index is 13.6. The number of carbonyl (C=O) groups is 1. The molecule has 0 aliphatic rings. The summed E-state index contributed by atoms with van der Waals surface area (Å²) in [5.41, 5.74) is 0. The fraction of sp³-hybridized carbons (Fsp3) is 0.231. The molecule has 21 heavy (non-hydrogen) atoms. The highest BCUT2D eigenvalue weighted by Crippen LogP contribution is 2.20. The Labute approximate surface area is 120 Å². The van der Waals surface area contributed by atoms with Gasteiger partial charge in [-0.1, -0.05) is 17.3 Å². The normalized spacial score (nSPS) is 12.9. The van der Waals surface area contributed by atoms with Gasteiger partial charge in [0.05, 0.1) is 0 Å². The van der Waals surface area contributed by atoms with Crippen LogP contribution in [-0.2, 0) is 14.6 Å². The monoisotopic (exact) mass is 312 g/mol. The van der Waals surface area contributed by atoms with E-state index in [1.807, 2.05) is 0 Å². The molecule has 112 valence electrons. The number of benzene rings is 1. The van der Waals surface area contributed by atoms with Gasteiger partial charge in [-0.25, -0.2) is 12.8 Å². The van der Waals surface area contributed by atoms with Crippen molar-refractivity contribution in [2.24, 2.45) is 0 Å². The lowest BCUT2D eigenvalue weighted by molar-refractivity contribution is -0.115. The van der Waals surface area contributed by atoms with Gasteiger partial charge in [-0.2, -0.15) is 0 Å². The molecule has 6 nitrogen and oxygen atoms in total. The van der Waals surface area contributed by atoms with Crippen LogP contribution in [0.2, 0.25) is 0 Å². The average Bonchev–Trinajstić information content (AvgIpc) is 2.83. The molecule has 2 aromatic rings. The molecule has 1 aromatic heterocycles. The van der Waals surface area contributed by atoms with Crippen molar-refractivity contribution in [3.05, 3.63) is 41.9 Å². The van der Waals surface area contributed by atoms with E-state index in [-0.39, 0.29) is 5.82 Å². The molecular formula is C13H13FN2O4S. The second-order valence-electron chi connectivity index (χ2n) is 4.43. The Morgan fingerprint density at radius 1 is 1.38 bits per heavy atom. The van der Waals surface area contributed by atoms with Gasteiger partial charge in [-0.3, -0.25) is 4.79 Å². The maximum absolute atomic E-state index is 13.6. The standard InChI is InChI=1S/C13H13FN2O4S/c1-8-7-12(16-20-8)15-13(17)9(2)21(18,19)11-6-4-3-5-10(11)14/h3-7,9H,1-2H3,(H,15,16,17). The quantitative estimate of drug-likeness (QED) is 0.931. The maximum Gasteiger partial charge on any atom is 0.244 e. The lowest BCUT2D eigenvalue weighted by Gasteiger charge is -2.12. The minimum Gasteiger partial charge on any atom is -0.360 e. The first-order valence-corrected chi connectivity index (χ1v) is 7.59.